The van der Waals surface area contributed by atoms with Gasteiger partial charge in [-0.15, -0.1) is 0 Å². The van der Waals surface area contributed by atoms with Crippen LogP contribution in [0.2, 0.25) is 0 Å². The number of anilines is 1. The van der Waals surface area contributed by atoms with Crippen LogP contribution in [0.15, 0.2) is 16.6 Å². The monoisotopic (exact) mass is 305 g/mol. The number of nitrogen functional groups attached to an aromatic ring is 1. The van der Waals surface area contributed by atoms with E-state index >= 15 is 0 Å². The molecule has 2 N–H and O–H groups in total. The molecular formula is C8H5BrF5NO. The molecule has 1 aromatic carbocycles. The number of rotatable bonds is 2. The Balaban J connectivity index is 3.17. The van der Waals surface area contributed by atoms with Crippen molar-refractivity contribution in [1.29, 1.82) is 0 Å². The maximum Gasteiger partial charge on any atom is 0.417 e. The molecule has 90 valence electrons. The van der Waals surface area contributed by atoms with Crippen molar-refractivity contribution >= 4 is 21.6 Å². The fraction of sp³-hybridized carbons (Fsp3) is 0.250. The van der Waals surface area contributed by atoms with E-state index in [0.717, 1.165) is 6.07 Å². The second kappa shape index (κ2) is 4.44. The van der Waals surface area contributed by atoms with Crippen molar-refractivity contribution in [2.24, 2.45) is 0 Å². The van der Waals surface area contributed by atoms with E-state index < -0.39 is 34.3 Å². The van der Waals surface area contributed by atoms with Crippen LogP contribution >= 0.6 is 15.9 Å². The smallest absolute Gasteiger partial charge is 0.417 e. The van der Waals surface area contributed by atoms with E-state index in [1.54, 1.807) is 0 Å². The van der Waals surface area contributed by atoms with Crippen molar-refractivity contribution in [2.45, 2.75) is 12.8 Å². The number of nitrogens with two attached hydrogens (primary N) is 1. The van der Waals surface area contributed by atoms with Gasteiger partial charge in [-0.05, 0) is 12.1 Å². The zero-order valence-corrected chi connectivity index (χ0v) is 9.07. The lowest BCUT2D eigenvalue weighted by molar-refractivity contribution is -0.138. The largest absolute Gasteiger partial charge is 0.433 e. The highest BCUT2D eigenvalue weighted by Gasteiger charge is 2.34. The fourth-order valence-electron chi connectivity index (χ4n) is 0.987. The Labute approximate surface area is 95.3 Å². The number of halogens is 6. The van der Waals surface area contributed by atoms with E-state index in [2.05, 4.69) is 20.7 Å². The third-order valence-electron chi connectivity index (χ3n) is 1.62. The lowest BCUT2D eigenvalue weighted by Crippen LogP contribution is -2.09. The molecular weight excluding hydrogens is 301 g/mol. The van der Waals surface area contributed by atoms with Gasteiger partial charge in [0.05, 0.1) is 11.3 Å². The van der Waals surface area contributed by atoms with Crippen LogP contribution in [-0.2, 0) is 6.18 Å². The third-order valence-corrected chi connectivity index (χ3v) is 2.28. The van der Waals surface area contributed by atoms with Gasteiger partial charge in [0.1, 0.15) is 5.75 Å². The molecule has 0 aliphatic carbocycles. The Morgan fingerprint density at radius 1 is 1.25 bits per heavy atom. The summed E-state index contributed by atoms with van der Waals surface area (Å²) in [4.78, 5) is 0. The van der Waals surface area contributed by atoms with E-state index in [1.807, 2.05) is 0 Å². The number of hydrogen-bond acceptors (Lipinski definition) is 2. The van der Waals surface area contributed by atoms with Crippen molar-refractivity contribution in [3.05, 3.63) is 22.2 Å². The Bertz CT molecular complexity index is 393. The first-order chi connectivity index (χ1) is 7.21. The van der Waals surface area contributed by atoms with E-state index in [0.29, 0.717) is 6.07 Å². The Morgan fingerprint density at radius 2 is 1.81 bits per heavy atom. The number of hydrogen-bond donors (Lipinski definition) is 1. The minimum absolute atomic E-state index is 0.412. The van der Waals surface area contributed by atoms with Crippen molar-refractivity contribution < 1.29 is 26.7 Å². The molecule has 1 aromatic rings. The average molecular weight is 306 g/mol. The molecule has 0 atom stereocenters. The highest BCUT2D eigenvalue weighted by atomic mass is 79.9. The average Bonchev–Trinajstić information content (AvgIpc) is 2.07. The summed E-state index contributed by atoms with van der Waals surface area (Å²) >= 11 is 2.61. The van der Waals surface area contributed by atoms with Crippen molar-refractivity contribution in [3.63, 3.8) is 0 Å². The van der Waals surface area contributed by atoms with Crippen molar-refractivity contribution in [2.75, 3.05) is 5.73 Å². The van der Waals surface area contributed by atoms with Gasteiger partial charge in [-0.3, -0.25) is 0 Å². The van der Waals surface area contributed by atoms with Crippen LogP contribution in [0.5, 0.6) is 5.75 Å². The molecule has 0 aliphatic rings. The molecule has 16 heavy (non-hydrogen) atoms. The highest BCUT2D eigenvalue weighted by Crippen LogP contribution is 2.39. The SMILES string of the molecule is Nc1cc(C(F)(F)F)c(Br)cc1OC(F)F. The van der Waals surface area contributed by atoms with Crippen LogP contribution in [0.25, 0.3) is 0 Å². The van der Waals surface area contributed by atoms with Crippen molar-refractivity contribution in [1.82, 2.24) is 0 Å². The van der Waals surface area contributed by atoms with Gasteiger partial charge in [-0.2, -0.15) is 22.0 Å². The standard InChI is InChI=1S/C8H5BrF5NO/c9-4-2-6(16-7(10)11)5(15)1-3(4)8(12,13)14/h1-2,7H,15H2. The Kier molecular flexibility index (Phi) is 3.61. The van der Waals surface area contributed by atoms with Crippen LogP contribution in [0.4, 0.5) is 27.6 Å². The Morgan fingerprint density at radius 3 is 2.25 bits per heavy atom. The summed E-state index contributed by atoms with van der Waals surface area (Å²) in [5.74, 6) is -0.505. The molecule has 0 radical (unpaired) electrons. The minimum Gasteiger partial charge on any atom is -0.433 e. The van der Waals surface area contributed by atoms with Crippen LogP contribution in [0.1, 0.15) is 5.56 Å². The number of ether oxygens (including phenoxy) is 1. The molecule has 0 aromatic heterocycles. The zero-order chi connectivity index (χ0) is 12.5. The maximum absolute atomic E-state index is 12.3. The number of alkyl halides is 5. The van der Waals surface area contributed by atoms with Gasteiger partial charge in [0.15, 0.2) is 0 Å². The van der Waals surface area contributed by atoms with Gasteiger partial charge in [0.2, 0.25) is 0 Å². The van der Waals surface area contributed by atoms with E-state index in [4.69, 9.17) is 5.73 Å². The lowest BCUT2D eigenvalue weighted by Gasteiger charge is -2.13. The molecule has 0 fully saturated rings. The summed E-state index contributed by atoms with van der Waals surface area (Å²) in [7, 11) is 0. The summed E-state index contributed by atoms with van der Waals surface area (Å²) in [6, 6.07) is 1.28. The molecule has 0 bridgehead atoms. The molecule has 0 saturated heterocycles. The maximum atomic E-state index is 12.3. The summed E-state index contributed by atoms with van der Waals surface area (Å²) in [5.41, 5.74) is 3.60. The zero-order valence-electron chi connectivity index (χ0n) is 7.49. The van der Waals surface area contributed by atoms with Gasteiger partial charge in [-0.25, -0.2) is 0 Å². The predicted octanol–water partition coefficient (Wildman–Crippen LogP) is 3.65. The van der Waals surface area contributed by atoms with Gasteiger partial charge < -0.3 is 10.5 Å². The first-order valence-electron chi connectivity index (χ1n) is 3.83. The molecule has 0 aliphatic heterocycles. The van der Waals surface area contributed by atoms with Gasteiger partial charge in [0, 0.05) is 4.47 Å². The molecule has 8 heteroatoms. The quantitative estimate of drug-likeness (QED) is 0.668. The molecule has 0 unspecified atom stereocenters. The van der Waals surface area contributed by atoms with Gasteiger partial charge in [-0.1, -0.05) is 15.9 Å². The number of benzene rings is 1. The second-order valence-corrected chi connectivity index (χ2v) is 3.60. The molecule has 0 spiro atoms. The minimum atomic E-state index is -4.61. The van der Waals surface area contributed by atoms with Crippen LogP contribution in [-0.4, -0.2) is 6.61 Å². The molecule has 0 heterocycles. The third kappa shape index (κ3) is 2.97. The predicted molar refractivity (Wildman–Crippen MR) is 50.2 cm³/mol. The van der Waals surface area contributed by atoms with E-state index in [-0.39, 0.29) is 0 Å². The molecule has 2 nitrogen and oxygen atoms in total. The lowest BCUT2D eigenvalue weighted by atomic mass is 10.2. The highest BCUT2D eigenvalue weighted by molar-refractivity contribution is 9.10. The van der Waals surface area contributed by atoms with Gasteiger partial charge >= 0.3 is 12.8 Å². The van der Waals surface area contributed by atoms with Crippen LogP contribution < -0.4 is 10.5 Å². The molecule has 1 rings (SSSR count). The van der Waals surface area contributed by atoms with E-state index in [9.17, 15) is 22.0 Å². The summed E-state index contributed by atoms with van der Waals surface area (Å²) in [6.07, 6.45) is -4.61. The Hall–Kier alpha value is -1.05. The van der Waals surface area contributed by atoms with Crippen molar-refractivity contribution in [3.8, 4) is 5.75 Å². The van der Waals surface area contributed by atoms with E-state index in [1.165, 1.54) is 0 Å². The van der Waals surface area contributed by atoms with Crippen LogP contribution in [0.3, 0.4) is 0 Å². The molecule has 0 amide bonds. The van der Waals surface area contributed by atoms with Gasteiger partial charge in [0.25, 0.3) is 0 Å². The first-order valence-corrected chi connectivity index (χ1v) is 4.62. The second-order valence-electron chi connectivity index (χ2n) is 2.75. The normalized spacial score (nSPS) is 11.9. The summed E-state index contributed by atoms with van der Waals surface area (Å²) < 4.78 is 64.3. The van der Waals surface area contributed by atoms with Crippen LogP contribution in [0, 0.1) is 0 Å². The fourth-order valence-corrected chi connectivity index (χ4v) is 1.53. The molecule has 0 saturated carbocycles. The first kappa shape index (κ1) is 13.0. The summed E-state index contributed by atoms with van der Waals surface area (Å²) in [5, 5.41) is 0. The summed E-state index contributed by atoms with van der Waals surface area (Å²) in [6.45, 7) is -3.15. The topological polar surface area (TPSA) is 35.2 Å².